The number of pyridine rings is 1. The van der Waals surface area contributed by atoms with Gasteiger partial charge in [0.25, 0.3) is 0 Å². The Morgan fingerprint density at radius 2 is 2.07 bits per heavy atom. The van der Waals surface area contributed by atoms with Crippen LogP contribution in [0.1, 0.15) is 24.1 Å². The number of aromatic nitrogens is 6. The first-order valence-electron chi connectivity index (χ1n) is 9.32. The summed E-state index contributed by atoms with van der Waals surface area (Å²) >= 11 is 0. The van der Waals surface area contributed by atoms with Crippen LogP contribution in [0, 0.1) is 5.82 Å². The molecule has 0 saturated heterocycles. The van der Waals surface area contributed by atoms with Crippen molar-refractivity contribution in [1.29, 1.82) is 0 Å². The fourth-order valence-electron chi connectivity index (χ4n) is 3.15. The summed E-state index contributed by atoms with van der Waals surface area (Å²) in [7, 11) is 1.49. The lowest BCUT2D eigenvalue weighted by Crippen LogP contribution is -2.12. The molecule has 0 aliphatic rings. The molecule has 0 unspecified atom stereocenters. The molecule has 0 fully saturated rings. The zero-order valence-electron chi connectivity index (χ0n) is 16.4. The molecule has 0 amide bonds. The van der Waals surface area contributed by atoms with E-state index in [2.05, 4.69) is 30.6 Å². The maximum atomic E-state index is 13.7. The molecule has 0 spiro atoms. The number of imidazole rings is 1. The molecular weight excluding hydrogens is 389 g/mol. The number of nitrogens with one attached hydrogen (secondary N) is 1. The number of halogens is 1. The Bertz CT molecular complexity index is 1180. The van der Waals surface area contributed by atoms with E-state index in [1.54, 1.807) is 23.0 Å². The maximum Gasteiger partial charge on any atom is 0.218 e. The molecular formula is C20H20FN7O2. The van der Waals surface area contributed by atoms with Gasteiger partial charge in [0.05, 0.1) is 31.7 Å². The molecule has 154 valence electrons. The van der Waals surface area contributed by atoms with E-state index < -0.39 is 5.82 Å². The predicted molar refractivity (Wildman–Crippen MR) is 108 cm³/mol. The lowest BCUT2D eigenvalue weighted by molar-refractivity contribution is 0.299. The van der Waals surface area contributed by atoms with Crippen LogP contribution in [0.3, 0.4) is 0 Å². The Morgan fingerprint density at radius 1 is 1.20 bits per heavy atom. The van der Waals surface area contributed by atoms with E-state index in [4.69, 9.17) is 9.84 Å². The molecule has 0 bridgehead atoms. The standard InChI is InChI=1S/C20H20FN7O2/c1-12(15-8-14(21)10-23-20(15)30-2)25-18-3-4-19-22-11-17(28(19)27-18)16-7-13(5-6-29)9-24-26-16/h3-4,7-12,29H,5-6H2,1-2H3,(H,25,27)/t12-/m1/s1. The van der Waals surface area contributed by atoms with Gasteiger partial charge in [0.15, 0.2) is 5.65 Å². The van der Waals surface area contributed by atoms with Crippen LogP contribution in [0.15, 0.2) is 42.9 Å². The van der Waals surface area contributed by atoms with E-state index >= 15 is 0 Å². The highest BCUT2D eigenvalue weighted by Crippen LogP contribution is 2.26. The summed E-state index contributed by atoms with van der Waals surface area (Å²) in [5.41, 5.74) is 3.35. The molecule has 0 aliphatic heterocycles. The Balaban J connectivity index is 1.66. The molecule has 1 atom stereocenters. The summed E-state index contributed by atoms with van der Waals surface area (Å²) in [5.74, 6) is 0.456. The molecule has 2 N–H and O–H groups in total. The first-order valence-corrected chi connectivity index (χ1v) is 9.32. The monoisotopic (exact) mass is 409 g/mol. The minimum Gasteiger partial charge on any atom is -0.481 e. The SMILES string of the molecule is COc1ncc(F)cc1[C@@H](C)Nc1ccc2ncc(-c3cc(CCO)cnn3)n2n1. The van der Waals surface area contributed by atoms with Crippen LogP contribution in [0.4, 0.5) is 10.2 Å². The smallest absolute Gasteiger partial charge is 0.218 e. The third kappa shape index (κ3) is 3.90. The first-order chi connectivity index (χ1) is 14.6. The van der Waals surface area contributed by atoms with E-state index in [1.807, 2.05) is 19.1 Å². The van der Waals surface area contributed by atoms with Gasteiger partial charge in [0, 0.05) is 12.2 Å². The lowest BCUT2D eigenvalue weighted by atomic mass is 10.1. The second-order valence-electron chi connectivity index (χ2n) is 6.67. The van der Waals surface area contributed by atoms with Crippen LogP contribution >= 0.6 is 0 Å². The zero-order valence-corrected chi connectivity index (χ0v) is 16.4. The second kappa shape index (κ2) is 8.37. The molecule has 4 aromatic heterocycles. The molecule has 30 heavy (non-hydrogen) atoms. The highest BCUT2D eigenvalue weighted by atomic mass is 19.1. The fraction of sp³-hybridized carbons (Fsp3) is 0.250. The van der Waals surface area contributed by atoms with Crippen LogP contribution in [-0.2, 0) is 6.42 Å². The molecule has 9 nitrogen and oxygen atoms in total. The van der Waals surface area contributed by atoms with E-state index in [1.165, 1.54) is 13.2 Å². The largest absolute Gasteiger partial charge is 0.481 e. The summed E-state index contributed by atoms with van der Waals surface area (Å²) in [6.07, 6.45) is 4.89. The Labute approximate surface area is 171 Å². The summed E-state index contributed by atoms with van der Waals surface area (Å²) in [6, 6.07) is 6.52. The number of ether oxygens (including phenoxy) is 1. The second-order valence-corrected chi connectivity index (χ2v) is 6.67. The van der Waals surface area contributed by atoms with Gasteiger partial charge in [-0.3, -0.25) is 0 Å². The number of aliphatic hydroxyl groups excluding tert-OH is 1. The quantitative estimate of drug-likeness (QED) is 0.479. The third-order valence-electron chi connectivity index (χ3n) is 4.61. The van der Waals surface area contributed by atoms with Gasteiger partial charge in [-0.25, -0.2) is 18.9 Å². The Morgan fingerprint density at radius 3 is 2.87 bits per heavy atom. The zero-order chi connectivity index (χ0) is 21.1. The number of hydrogen-bond acceptors (Lipinski definition) is 8. The van der Waals surface area contributed by atoms with Crippen molar-refractivity contribution in [2.24, 2.45) is 0 Å². The van der Waals surface area contributed by atoms with Crippen molar-refractivity contribution in [3.05, 3.63) is 59.8 Å². The topological polar surface area (TPSA) is 110 Å². The van der Waals surface area contributed by atoms with Crippen LogP contribution in [-0.4, -0.2) is 48.6 Å². The number of methoxy groups -OCH3 is 1. The van der Waals surface area contributed by atoms with Gasteiger partial charge in [-0.15, -0.1) is 10.2 Å². The number of anilines is 1. The van der Waals surface area contributed by atoms with Crippen molar-refractivity contribution in [3.8, 4) is 17.3 Å². The van der Waals surface area contributed by atoms with Gasteiger partial charge in [0.1, 0.15) is 23.0 Å². The van der Waals surface area contributed by atoms with Crippen molar-refractivity contribution in [2.75, 3.05) is 19.0 Å². The summed E-state index contributed by atoms with van der Waals surface area (Å²) < 4.78 is 20.6. The van der Waals surface area contributed by atoms with E-state index in [9.17, 15) is 4.39 Å². The van der Waals surface area contributed by atoms with Gasteiger partial charge in [-0.2, -0.15) is 5.10 Å². The van der Waals surface area contributed by atoms with Crippen LogP contribution < -0.4 is 10.1 Å². The number of hydrogen-bond donors (Lipinski definition) is 2. The highest BCUT2D eigenvalue weighted by molar-refractivity contribution is 5.60. The number of nitrogens with zero attached hydrogens (tertiary/aromatic N) is 6. The van der Waals surface area contributed by atoms with Crippen molar-refractivity contribution < 1.29 is 14.2 Å². The Kier molecular flexibility index (Phi) is 5.48. The van der Waals surface area contributed by atoms with Gasteiger partial charge in [0.2, 0.25) is 5.88 Å². The number of fused-ring (bicyclic) bond motifs is 1. The third-order valence-corrected chi connectivity index (χ3v) is 4.61. The minimum atomic E-state index is -0.443. The normalized spacial score (nSPS) is 12.1. The van der Waals surface area contributed by atoms with Crippen molar-refractivity contribution >= 4 is 11.5 Å². The number of rotatable bonds is 7. The van der Waals surface area contributed by atoms with E-state index in [0.29, 0.717) is 40.7 Å². The fourth-order valence-corrected chi connectivity index (χ4v) is 3.15. The van der Waals surface area contributed by atoms with Crippen molar-refractivity contribution in [3.63, 3.8) is 0 Å². The van der Waals surface area contributed by atoms with Crippen LogP contribution in [0.5, 0.6) is 5.88 Å². The molecule has 4 rings (SSSR count). The van der Waals surface area contributed by atoms with Gasteiger partial charge in [-0.05, 0) is 43.2 Å². The van der Waals surface area contributed by atoms with Gasteiger partial charge >= 0.3 is 0 Å². The molecule has 4 heterocycles. The average Bonchev–Trinajstić information content (AvgIpc) is 3.17. The Hall–Kier alpha value is -3.66. The minimum absolute atomic E-state index is 0.0287. The highest BCUT2D eigenvalue weighted by Gasteiger charge is 2.16. The average molecular weight is 409 g/mol. The number of aliphatic hydroxyl groups is 1. The van der Waals surface area contributed by atoms with Gasteiger partial charge in [-0.1, -0.05) is 0 Å². The molecule has 4 aromatic rings. The van der Waals surface area contributed by atoms with Crippen molar-refractivity contribution in [2.45, 2.75) is 19.4 Å². The summed E-state index contributed by atoms with van der Waals surface area (Å²) in [4.78, 5) is 8.34. The molecule has 0 saturated carbocycles. The summed E-state index contributed by atoms with van der Waals surface area (Å²) in [6.45, 7) is 1.89. The van der Waals surface area contributed by atoms with Crippen molar-refractivity contribution in [1.82, 2.24) is 29.8 Å². The van der Waals surface area contributed by atoms with Crippen LogP contribution in [0.25, 0.3) is 17.0 Å². The first kappa shape index (κ1) is 19.6. The predicted octanol–water partition coefficient (Wildman–Crippen LogP) is 2.44. The van der Waals surface area contributed by atoms with Gasteiger partial charge < -0.3 is 15.2 Å². The van der Waals surface area contributed by atoms with E-state index in [-0.39, 0.29) is 12.6 Å². The maximum absolute atomic E-state index is 13.7. The lowest BCUT2D eigenvalue weighted by Gasteiger charge is -2.17. The molecule has 0 radical (unpaired) electrons. The molecule has 10 heteroatoms. The summed E-state index contributed by atoms with van der Waals surface area (Å²) in [5, 5.41) is 25.2. The van der Waals surface area contributed by atoms with Crippen LogP contribution in [0.2, 0.25) is 0 Å². The van der Waals surface area contributed by atoms with E-state index in [0.717, 1.165) is 11.8 Å². The molecule has 0 aliphatic carbocycles. The molecule has 0 aromatic carbocycles.